The summed E-state index contributed by atoms with van der Waals surface area (Å²) >= 11 is 6.02. The van der Waals surface area contributed by atoms with Crippen molar-refractivity contribution in [3.8, 4) is 0 Å². The van der Waals surface area contributed by atoms with Crippen molar-refractivity contribution in [2.45, 2.75) is 12.2 Å². The molecular weight excluding hydrogens is 319 g/mol. The van der Waals surface area contributed by atoms with Crippen LogP contribution in [0.25, 0.3) is 0 Å². The number of aliphatic hydroxyl groups is 2. The molecule has 1 aromatic carbocycles. The van der Waals surface area contributed by atoms with E-state index in [0.717, 1.165) is 0 Å². The highest BCUT2D eigenvalue weighted by atomic mass is 79.9. The fourth-order valence-corrected chi connectivity index (χ4v) is 1.78. The highest BCUT2D eigenvalue weighted by Gasteiger charge is 2.21. The molecule has 0 spiro atoms. The van der Waals surface area contributed by atoms with Gasteiger partial charge < -0.3 is 10.2 Å². The molecule has 14 heavy (non-hydrogen) atoms. The van der Waals surface area contributed by atoms with Crippen LogP contribution in [-0.2, 0) is 0 Å². The van der Waals surface area contributed by atoms with Crippen LogP contribution in [0.2, 0.25) is 0 Å². The van der Waals surface area contributed by atoms with Gasteiger partial charge in [0.15, 0.2) is 0 Å². The first-order valence-corrected chi connectivity index (χ1v) is 5.85. The van der Waals surface area contributed by atoms with Gasteiger partial charge in [0.05, 0.1) is 10.6 Å². The second-order valence-electron chi connectivity index (χ2n) is 2.81. The molecule has 5 heteroatoms. The molecule has 0 amide bonds. The monoisotopic (exact) mass is 326 g/mol. The van der Waals surface area contributed by atoms with E-state index in [4.69, 9.17) is 0 Å². The van der Waals surface area contributed by atoms with Crippen LogP contribution in [0.3, 0.4) is 0 Å². The Labute approximate surface area is 98.0 Å². The summed E-state index contributed by atoms with van der Waals surface area (Å²) in [6, 6.07) is 4.58. The number of alkyl halides is 1. The van der Waals surface area contributed by atoms with Gasteiger partial charge in [0.2, 0.25) is 0 Å². The van der Waals surface area contributed by atoms with Crippen LogP contribution < -0.4 is 0 Å². The molecule has 2 unspecified atom stereocenters. The Morgan fingerprint density at radius 2 is 2.00 bits per heavy atom. The van der Waals surface area contributed by atoms with Crippen molar-refractivity contribution in [2.75, 3.05) is 5.33 Å². The molecule has 2 N–H and O–H groups in total. The maximum atomic E-state index is 13.4. The third-order valence-electron chi connectivity index (χ3n) is 1.82. The normalized spacial score (nSPS) is 15.2. The first kappa shape index (κ1) is 12.1. The van der Waals surface area contributed by atoms with Gasteiger partial charge in [-0.3, -0.25) is 0 Å². The van der Waals surface area contributed by atoms with E-state index in [1.54, 1.807) is 6.07 Å². The molecule has 1 rings (SSSR count). The fraction of sp³-hybridized carbons (Fsp3) is 0.333. The zero-order valence-electron chi connectivity index (χ0n) is 7.12. The van der Waals surface area contributed by atoms with Crippen LogP contribution in [0.1, 0.15) is 11.7 Å². The van der Waals surface area contributed by atoms with Gasteiger partial charge in [-0.2, -0.15) is 0 Å². The molecule has 0 radical (unpaired) electrons. The zero-order valence-corrected chi connectivity index (χ0v) is 10.3. The van der Waals surface area contributed by atoms with E-state index in [-0.39, 0.29) is 15.4 Å². The van der Waals surface area contributed by atoms with Gasteiger partial charge in [-0.15, -0.1) is 0 Å². The molecule has 1 aromatic rings. The minimum Gasteiger partial charge on any atom is -0.389 e. The molecule has 0 aliphatic carbocycles. The van der Waals surface area contributed by atoms with Crippen molar-refractivity contribution >= 4 is 31.9 Å². The second kappa shape index (κ2) is 5.21. The van der Waals surface area contributed by atoms with Crippen LogP contribution in [0.4, 0.5) is 4.39 Å². The molecule has 78 valence electrons. The van der Waals surface area contributed by atoms with E-state index < -0.39 is 18.0 Å². The average molecular weight is 328 g/mol. The molecular formula is C9H9Br2FO2. The number of hydrogen-bond acceptors (Lipinski definition) is 2. The molecule has 0 aliphatic rings. The number of hydrogen-bond donors (Lipinski definition) is 2. The Kier molecular flexibility index (Phi) is 4.50. The molecule has 0 fully saturated rings. The summed E-state index contributed by atoms with van der Waals surface area (Å²) in [6.07, 6.45) is -2.23. The maximum Gasteiger partial charge on any atom is 0.143 e. The lowest BCUT2D eigenvalue weighted by molar-refractivity contribution is 0.0319. The number of halogens is 3. The summed E-state index contributed by atoms with van der Waals surface area (Å²) in [6.45, 7) is 0. The van der Waals surface area contributed by atoms with Gasteiger partial charge in [-0.1, -0.05) is 28.1 Å². The lowest BCUT2D eigenvalue weighted by Crippen LogP contribution is -2.20. The number of benzene rings is 1. The van der Waals surface area contributed by atoms with Crippen LogP contribution in [0.15, 0.2) is 22.7 Å². The summed E-state index contributed by atoms with van der Waals surface area (Å²) in [7, 11) is 0. The van der Waals surface area contributed by atoms with E-state index in [1.807, 2.05) is 0 Å². The van der Waals surface area contributed by atoms with Gasteiger partial charge in [-0.05, 0) is 22.0 Å². The molecule has 0 heterocycles. The Hall–Kier alpha value is 0.0300. The molecule has 0 saturated carbocycles. The minimum absolute atomic E-state index is 0.0892. The van der Waals surface area contributed by atoms with E-state index in [9.17, 15) is 14.6 Å². The summed E-state index contributed by atoms with van der Waals surface area (Å²) in [4.78, 5) is 0. The first-order valence-electron chi connectivity index (χ1n) is 3.94. The summed E-state index contributed by atoms with van der Waals surface area (Å²) in [5, 5.41) is 19.1. The lowest BCUT2D eigenvalue weighted by atomic mass is 10.1. The molecule has 2 nitrogen and oxygen atoms in total. The summed E-state index contributed by atoms with van der Waals surface area (Å²) < 4.78 is 13.7. The van der Waals surface area contributed by atoms with Crippen molar-refractivity contribution in [3.63, 3.8) is 0 Å². The first-order chi connectivity index (χ1) is 6.57. The summed E-state index contributed by atoms with van der Waals surface area (Å²) in [5.41, 5.74) is 0.0892. The predicted molar refractivity (Wildman–Crippen MR) is 58.9 cm³/mol. The van der Waals surface area contributed by atoms with Gasteiger partial charge in [0.25, 0.3) is 0 Å². The Bertz CT molecular complexity index is 320. The van der Waals surface area contributed by atoms with Crippen molar-refractivity contribution in [3.05, 3.63) is 34.1 Å². The smallest absolute Gasteiger partial charge is 0.143 e. The van der Waals surface area contributed by atoms with Gasteiger partial charge >= 0.3 is 0 Å². The third-order valence-corrected chi connectivity index (χ3v) is 3.10. The third kappa shape index (κ3) is 2.53. The number of aliphatic hydroxyl groups excluding tert-OH is 2. The fourth-order valence-electron chi connectivity index (χ4n) is 1.04. The van der Waals surface area contributed by atoms with Crippen LogP contribution in [0.5, 0.6) is 0 Å². The SMILES string of the molecule is OC(CBr)C(O)c1cccc(Br)c1F. The number of rotatable bonds is 3. The van der Waals surface area contributed by atoms with Crippen molar-refractivity contribution < 1.29 is 14.6 Å². The largest absolute Gasteiger partial charge is 0.389 e. The second-order valence-corrected chi connectivity index (χ2v) is 4.31. The van der Waals surface area contributed by atoms with Crippen molar-refractivity contribution in [1.82, 2.24) is 0 Å². The van der Waals surface area contributed by atoms with Crippen LogP contribution in [-0.4, -0.2) is 21.6 Å². The predicted octanol–water partition coefficient (Wildman–Crippen LogP) is 2.38. The summed E-state index contributed by atoms with van der Waals surface area (Å²) in [5.74, 6) is -0.542. The standard InChI is InChI=1S/C9H9Br2FO2/c10-4-7(13)9(14)5-2-1-3-6(11)8(5)12/h1-3,7,9,13-14H,4H2. The molecule has 0 saturated heterocycles. The topological polar surface area (TPSA) is 40.5 Å². The zero-order chi connectivity index (χ0) is 10.7. The molecule has 0 aliphatic heterocycles. The van der Waals surface area contributed by atoms with Crippen molar-refractivity contribution in [2.24, 2.45) is 0 Å². The van der Waals surface area contributed by atoms with Crippen LogP contribution >= 0.6 is 31.9 Å². The average Bonchev–Trinajstić information content (AvgIpc) is 2.20. The lowest BCUT2D eigenvalue weighted by Gasteiger charge is -2.16. The molecule has 0 bridgehead atoms. The van der Waals surface area contributed by atoms with Crippen molar-refractivity contribution in [1.29, 1.82) is 0 Å². The Morgan fingerprint density at radius 1 is 1.36 bits per heavy atom. The molecule has 2 atom stereocenters. The van der Waals surface area contributed by atoms with E-state index >= 15 is 0 Å². The van der Waals surface area contributed by atoms with E-state index in [2.05, 4.69) is 31.9 Å². The molecule has 0 aromatic heterocycles. The van der Waals surface area contributed by atoms with E-state index in [0.29, 0.717) is 0 Å². The van der Waals surface area contributed by atoms with Gasteiger partial charge in [0, 0.05) is 10.9 Å². The van der Waals surface area contributed by atoms with E-state index in [1.165, 1.54) is 12.1 Å². The maximum absolute atomic E-state index is 13.4. The van der Waals surface area contributed by atoms with Gasteiger partial charge in [0.1, 0.15) is 11.9 Å². The minimum atomic E-state index is -1.22. The quantitative estimate of drug-likeness (QED) is 0.837. The highest BCUT2D eigenvalue weighted by molar-refractivity contribution is 9.10. The highest BCUT2D eigenvalue weighted by Crippen LogP contribution is 2.26. The van der Waals surface area contributed by atoms with Crippen LogP contribution in [0, 0.1) is 5.82 Å². The Balaban J connectivity index is 3.01. The Morgan fingerprint density at radius 3 is 2.57 bits per heavy atom. The van der Waals surface area contributed by atoms with Gasteiger partial charge in [-0.25, -0.2) is 4.39 Å².